The molecule has 1 saturated heterocycles. The van der Waals surface area contributed by atoms with Gasteiger partial charge in [-0.05, 0) is 57.7 Å². The highest BCUT2D eigenvalue weighted by Crippen LogP contribution is 2.18. The molecule has 0 radical (unpaired) electrons. The van der Waals surface area contributed by atoms with E-state index in [1.54, 1.807) is 0 Å². The van der Waals surface area contributed by atoms with Gasteiger partial charge >= 0.3 is 0 Å². The molecule has 2 heterocycles. The summed E-state index contributed by atoms with van der Waals surface area (Å²) < 4.78 is 2.03. The zero-order valence-electron chi connectivity index (χ0n) is 16.3. The molecule has 1 aromatic carbocycles. The summed E-state index contributed by atoms with van der Waals surface area (Å²) in [6, 6.07) is 10.3. The molecule has 3 rings (SSSR count). The lowest BCUT2D eigenvalue weighted by Gasteiger charge is -2.22. The molecule has 1 amide bonds. The summed E-state index contributed by atoms with van der Waals surface area (Å²) in [6.07, 6.45) is 4.01. The largest absolute Gasteiger partial charge is 0.352 e. The average Bonchev–Trinajstić information content (AvgIpc) is 2.93. The van der Waals surface area contributed by atoms with Crippen molar-refractivity contribution >= 4 is 18.3 Å². The van der Waals surface area contributed by atoms with E-state index in [4.69, 9.17) is 0 Å². The van der Waals surface area contributed by atoms with Gasteiger partial charge in [-0.1, -0.05) is 30.3 Å². The van der Waals surface area contributed by atoms with E-state index in [-0.39, 0.29) is 18.3 Å². The number of aromatic nitrogens is 2. The third-order valence-corrected chi connectivity index (χ3v) is 5.41. The predicted molar refractivity (Wildman–Crippen MR) is 111 cm³/mol. The molecule has 1 fully saturated rings. The van der Waals surface area contributed by atoms with Crippen LogP contribution in [0.2, 0.25) is 0 Å². The Morgan fingerprint density at radius 3 is 2.63 bits per heavy atom. The molecule has 5 nitrogen and oxygen atoms in total. The number of piperidine rings is 1. The molecule has 148 valence electrons. The van der Waals surface area contributed by atoms with Crippen molar-refractivity contribution in [3.63, 3.8) is 0 Å². The molecule has 1 aromatic heterocycles. The minimum Gasteiger partial charge on any atom is -0.352 e. The fourth-order valence-corrected chi connectivity index (χ4v) is 3.68. The molecule has 1 aliphatic heterocycles. The van der Waals surface area contributed by atoms with Gasteiger partial charge in [-0.15, -0.1) is 12.4 Å². The Morgan fingerprint density at radius 2 is 1.93 bits per heavy atom. The Bertz CT molecular complexity index is 723. The van der Waals surface area contributed by atoms with E-state index in [1.165, 1.54) is 18.4 Å². The number of hydrogen-bond acceptors (Lipinski definition) is 3. The van der Waals surface area contributed by atoms with Gasteiger partial charge in [-0.2, -0.15) is 5.10 Å². The first-order valence-electron chi connectivity index (χ1n) is 9.67. The predicted octanol–water partition coefficient (Wildman–Crippen LogP) is 3.37. The zero-order chi connectivity index (χ0) is 18.4. The molecular weight excluding hydrogens is 360 g/mol. The fourth-order valence-electron chi connectivity index (χ4n) is 3.68. The number of rotatable bonds is 7. The van der Waals surface area contributed by atoms with Crippen molar-refractivity contribution in [3.8, 4) is 0 Å². The van der Waals surface area contributed by atoms with Crippen LogP contribution < -0.4 is 10.6 Å². The van der Waals surface area contributed by atoms with E-state index < -0.39 is 0 Å². The number of benzene rings is 1. The topological polar surface area (TPSA) is 59.0 Å². The monoisotopic (exact) mass is 390 g/mol. The maximum atomic E-state index is 12.2. The maximum absolute atomic E-state index is 12.2. The maximum Gasteiger partial charge on any atom is 0.220 e. The first kappa shape index (κ1) is 21.5. The molecule has 0 bridgehead atoms. The summed E-state index contributed by atoms with van der Waals surface area (Å²) in [5, 5.41) is 11.1. The van der Waals surface area contributed by atoms with Gasteiger partial charge in [0, 0.05) is 24.2 Å². The van der Waals surface area contributed by atoms with Crippen LogP contribution in [-0.4, -0.2) is 28.8 Å². The van der Waals surface area contributed by atoms with Crippen molar-refractivity contribution in [2.75, 3.05) is 13.1 Å². The normalized spacial score (nSPS) is 14.6. The Hall–Kier alpha value is -1.85. The van der Waals surface area contributed by atoms with E-state index in [0.717, 1.165) is 43.0 Å². The molecule has 27 heavy (non-hydrogen) atoms. The number of aryl methyl sites for hydroxylation is 1. The third-order valence-electron chi connectivity index (χ3n) is 5.41. The summed E-state index contributed by atoms with van der Waals surface area (Å²) in [7, 11) is 0. The first-order valence-corrected chi connectivity index (χ1v) is 9.67. The second-order valence-corrected chi connectivity index (χ2v) is 7.30. The Kier molecular flexibility index (Phi) is 8.32. The smallest absolute Gasteiger partial charge is 0.220 e. The molecule has 0 atom stereocenters. The highest BCUT2D eigenvalue weighted by atomic mass is 35.5. The van der Waals surface area contributed by atoms with Gasteiger partial charge in [-0.3, -0.25) is 9.48 Å². The van der Waals surface area contributed by atoms with E-state index in [1.807, 2.05) is 29.8 Å². The van der Waals surface area contributed by atoms with Gasteiger partial charge in [0.05, 0.1) is 12.2 Å². The Morgan fingerprint density at radius 1 is 1.22 bits per heavy atom. The lowest BCUT2D eigenvalue weighted by Crippen LogP contribution is -2.29. The van der Waals surface area contributed by atoms with Crippen molar-refractivity contribution in [1.29, 1.82) is 0 Å². The van der Waals surface area contributed by atoms with Crippen LogP contribution >= 0.6 is 12.4 Å². The molecule has 1 aliphatic rings. The van der Waals surface area contributed by atoms with Crippen LogP contribution in [0.1, 0.15) is 48.2 Å². The quantitative estimate of drug-likeness (QED) is 0.762. The standard InChI is InChI=1S/C21H30N4O.ClH/c1-16-20(14-23-21(26)9-8-18-10-12-22-13-11-18)17(2)25(24-16)15-19-6-4-3-5-7-19;/h3-7,18,22H,8-15H2,1-2H3,(H,23,26);1H. The van der Waals surface area contributed by atoms with E-state index in [0.29, 0.717) is 18.9 Å². The number of carbonyl (C=O) groups is 1. The van der Waals surface area contributed by atoms with E-state index in [9.17, 15) is 4.79 Å². The van der Waals surface area contributed by atoms with Gasteiger partial charge < -0.3 is 10.6 Å². The van der Waals surface area contributed by atoms with Crippen LogP contribution in [0.3, 0.4) is 0 Å². The molecule has 2 aromatic rings. The second-order valence-electron chi connectivity index (χ2n) is 7.30. The molecule has 0 spiro atoms. The third kappa shape index (κ3) is 6.08. The summed E-state index contributed by atoms with van der Waals surface area (Å²) in [4.78, 5) is 12.2. The van der Waals surface area contributed by atoms with Crippen molar-refractivity contribution < 1.29 is 4.79 Å². The molecular formula is C21H31ClN4O. The first-order chi connectivity index (χ1) is 12.6. The lowest BCUT2D eigenvalue weighted by atomic mass is 9.93. The summed E-state index contributed by atoms with van der Waals surface area (Å²) in [5.41, 5.74) is 4.49. The number of halogens is 1. The van der Waals surface area contributed by atoms with Crippen LogP contribution in [0, 0.1) is 19.8 Å². The van der Waals surface area contributed by atoms with Gasteiger partial charge in [-0.25, -0.2) is 0 Å². The van der Waals surface area contributed by atoms with Gasteiger partial charge in [0.15, 0.2) is 0 Å². The van der Waals surface area contributed by atoms with Crippen molar-refractivity contribution in [1.82, 2.24) is 20.4 Å². The minimum atomic E-state index is 0. The SMILES string of the molecule is Cc1nn(Cc2ccccc2)c(C)c1CNC(=O)CCC1CCNCC1.Cl. The van der Waals surface area contributed by atoms with Crippen LogP contribution in [0.5, 0.6) is 0 Å². The second kappa shape index (κ2) is 10.5. The summed E-state index contributed by atoms with van der Waals surface area (Å²) in [6.45, 7) is 7.61. The number of hydrogen-bond donors (Lipinski definition) is 2. The van der Waals surface area contributed by atoms with Crippen LogP contribution in [0.15, 0.2) is 30.3 Å². The lowest BCUT2D eigenvalue weighted by molar-refractivity contribution is -0.121. The zero-order valence-corrected chi connectivity index (χ0v) is 17.1. The molecule has 0 saturated carbocycles. The van der Waals surface area contributed by atoms with Crippen molar-refractivity contribution in [2.24, 2.45) is 5.92 Å². The van der Waals surface area contributed by atoms with E-state index in [2.05, 4.69) is 34.8 Å². The number of nitrogens with one attached hydrogen (secondary N) is 2. The molecule has 0 unspecified atom stereocenters. The minimum absolute atomic E-state index is 0. The van der Waals surface area contributed by atoms with Crippen LogP contribution in [0.4, 0.5) is 0 Å². The van der Waals surface area contributed by atoms with Crippen LogP contribution in [0.25, 0.3) is 0 Å². The summed E-state index contributed by atoms with van der Waals surface area (Å²) in [5.74, 6) is 0.845. The van der Waals surface area contributed by atoms with Gasteiger partial charge in [0.25, 0.3) is 0 Å². The highest BCUT2D eigenvalue weighted by Gasteiger charge is 2.16. The summed E-state index contributed by atoms with van der Waals surface area (Å²) >= 11 is 0. The highest BCUT2D eigenvalue weighted by molar-refractivity contribution is 5.85. The number of nitrogens with zero attached hydrogens (tertiary/aromatic N) is 2. The average molecular weight is 391 g/mol. The molecule has 0 aliphatic carbocycles. The van der Waals surface area contributed by atoms with E-state index >= 15 is 0 Å². The van der Waals surface area contributed by atoms with Gasteiger partial charge in [0.2, 0.25) is 5.91 Å². The van der Waals surface area contributed by atoms with Crippen molar-refractivity contribution in [3.05, 3.63) is 52.8 Å². The van der Waals surface area contributed by atoms with Gasteiger partial charge in [0.1, 0.15) is 0 Å². The fraction of sp³-hybridized carbons (Fsp3) is 0.524. The van der Waals surface area contributed by atoms with Crippen LogP contribution in [-0.2, 0) is 17.9 Å². The number of amides is 1. The Labute approximate surface area is 168 Å². The van der Waals surface area contributed by atoms with Crippen molar-refractivity contribution in [2.45, 2.75) is 52.6 Å². The molecule has 6 heteroatoms. The Balaban J connectivity index is 0.00000261. The molecule has 2 N–H and O–H groups in total. The number of carbonyl (C=O) groups excluding carboxylic acids is 1.